The highest BCUT2D eigenvalue weighted by Gasteiger charge is 2.48. The maximum atomic E-state index is 9.98. The van der Waals surface area contributed by atoms with Crippen LogP contribution < -0.4 is 4.74 Å². The van der Waals surface area contributed by atoms with Gasteiger partial charge in [0.05, 0.1) is 13.2 Å². The van der Waals surface area contributed by atoms with Gasteiger partial charge in [-0.15, -0.1) is 0 Å². The highest BCUT2D eigenvalue weighted by Crippen LogP contribution is 2.50. The summed E-state index contributed by atoms with van der Waals surface area (Å²) in [5.41, 5.74) is 3.19. The molecule has 1 fully saturated rings. The predicted molar refractivity (Wildman–Crippen MR) is 73.1 cm³/mol. The summed E-state index contributed by atoms with van der Waals surface area (Å²) in [6.07, 6.45) is 0. The van der Waals surface area contributed by atoms with Gasteiger partial charge in [-0.05, 0) is 42.3 Å². The molecule has 2 aliphatic rings. The first-order valence-electron chi connectivity index (χ1n) is 6.53. The summed E-state index contributed by atoms with van der Waals surface area (Å²) >= 11 is 0. The third-order valence-electron chi connectivity index (χ3n) is 4.06. The number of hydrogen-bond donors (Lipinski definition) is 2. The summed E-state index contributed by atoms with van der Waals surface area (Å²) in [5, 5.41) is 19.6. The SMILES string of the molecule is Cc1cc2c(cc1O)C1(COC1)Oc1cc(O)ccc1-2. The molecule has 2 aromatic carbocycles. The maximum absolute atomic E-state index is 9.98. The molecule has 1 saturated heterocycles. The molecule has 20 heavy (non-hydrogen) atoms. The molecule has 2 N–H and O–H groups in total. The monoisotopic (exact) mass is 270 g/mol. The van der Waals surface area contributed by atoms with Crippen molar-refractivity contribution in [2.75, 3.05) is 13.2 Å². The van der Waals surface area contributed by atoms with E-state index in [0.717, 1.165) is 22.3 Å². The highest BCUT2D eigenvalue weighted by molar-refractivity contribution is 5.79. The minimum absolute atomic E-state index is 0.179. The van der Waals surface area contributed by atoms with Gasteiger partial charge in [0.25, 0.3) is 0 Å². The Hall–Kier alpha value is -2.20. The standard InChI is InChI=1S/C16H14O4/c1-9-4-12-11-3-2-10(17)5-15(11)20-16(7-19-8-16)13(12)6-14(9)18/h2-6,17-18H,7-8H2,1H3. The molecule has 0 radical (unpaired) electrons. The Morgan fingerprint density at radius 1 is 1.05 bits per heavy atom. The molecule has 2 heterocycles. The van der Waals surface area contributed by atoms with Gasteiger partial charge >= 0.3 is 0 Å². The number of ether oxygens (including phenoxy) is 2. The second-order valence-electron chi connectivity index (χ2n) is 5.45. The Kier molecular flexibility index (Phi) is 2.13. The Morgan fingerprint density at radius 3 is 2.55 bits per heavy atom. The summed E-state index contributed by atoms with van der Waals surface area (Å²) in [6, 6.07) is 8.84. The molecule has 0 amide bonds. The van der Waals surface area contributed by atoms with Crippen molar-refractivity contribution in [1.82, 2.24) is 0 Å². The van der Waals surface area contributed by atoms with E-state index in [1.54, 1.807) is 18.2 Å². The third-order valence-corrected chi connectivity index (χ3v) is 4.06. The van der Waals surface area contributed by atoms with E-state index in [1.165, 1.54) is 0 Å². The Labute approximate surface area is 116 Å². The van der Waals surface area contributed by atoms with Crippen molar-refractivity contribution < 1.29 is 19.7 Å². The Morgan fingerprint density at radius 2 is 1.85 bits per heavy atom. The van der Waals surface area contributed by atoms with Crippen LogP contribution in [0.5, 0.6) is 17.2 Å². The fraction of sp³-hybridized carbons (Fsp3) is 0.250. The summed E-state index contributed by atoms with van der Waals surface area (Å²) in [6.45, 7) is 2.78. The second kappa shape index (κ2) is 3.67. The van der Waals surface area contributed by atoms with E-state index in [-0.39, 0.29) is 11.5 Å². The lowest BCUT2D eigenvalue weighted by atomic mass is 9.81. The molecule has 0 aliphatic carbocycles. The van der Waals surface area contributed by atoms with Gasteiger partial charge in [-0.3, -0.25) is 0 Å². The van der Waals surface area contributed by atoms with Crippen LogP contribution in [0.25, 0.3) is 11.1 Å². The number of fused-ring (bicyclic) bond motifs is 4. The van der Waals surface area contributed by atoms with Gasteiger partial charge in [0.1, 0.15) is 17.2 Å². The predicted octanol–water partition coefficient (Wildman–Crippen LogP) is 2.69. The lowest BCUT2D eigenvalue weighted by molar-refractivity contribution is -0.169. The van der Waals surface area contributed by atoms with Crippen molar-refractivity contribution >= 4 is 0 Å². The van der Waals surface area contributed by atoms with Crippen LogP contribution in [0.3, 0.4) is 0 Å². The van der Waals surface area contributed by atoms with Crippen LogP contribution in [0, 0.1) is 6.92 Å². The smallest absolute Gasteiger partial charge is 0.181 e. The van der Waals surface area contributed by atoms with Crippen molar-refractivity contribution in [1.29, 1.82) is 0 Å². The summed E-state index contributed by atoms with van der Waals surface area (Å²) in [7, 11) is 0. The molecule has 0 atom stereocenters. The van der Waals surface area contributed by atoms with Crippen LogP contribution in [0.1, 0.15) is 11.1 Å². The van der Waals surface area contributed by atoms with Crippen LogP contribution in [-0.2, 0) is 10.3 Å². The minimum atomic E-state index is -0.540. The van der Waals surface area contributed by atoms with Crippen molar-refractivity contribution in [3.8, 4) is 28.4 Å². The van der Waals surface area contributed by atoms with E-state index in [9.17, 15) is 10.2 Å². The van der Waals surface area contributed by atoms with E-state index in [1.807, 2.05) is 19.1 Å². The first kappa shape index (κ1) is 11.6. The number of aryl methyl sites for hydroxylation is 1. The number of hydrogen-bond acceptors (Lipinski definition) is 4. The van der Waals surface area contributed by atoms with E-state index in [0.29, 0.717) is 19.0 Å². The molecule has 0 aromatic heterocycles. The van der Waals surface area contributed by atoms with Crippen molar-refractivity contribution in [2.45, 2.75) is 12.5 Å². The van der Waals surface area contributed by atoms with Crippen LogP contribution in [0.2, 0.25) is 0 Å². The molecule has 0 saturated carbocycles. The Bertz CT molecular complexity index is 717. The van der Waals surface area contributed by atoms with Crippen LogP contribution >= 0.6 is 0 Å². The first-order valence-corrected chi connectivity index (χ1v) is 6.53. The fourth-order valence-electron chi connectivity index (χ4n) is 2.88. The molecule has 4 rings (SSSR count). The lowest BCUT2D eigenvalue weighted by Crippen LogP contribution is -2.53. The maximum Gasteiger partial charge on any atom is 0.181 e. The van der Waals surface area contributed by atoms with Gasteiger partial charge < -0.3 is 19.7 Å². The number of aromatic hydroxyl groups is 2. The molecular weight excluding hydrogens is 256 g/mol. The quantitative estimate of drug-likeness (QED) is 0.772. The van der Waals surface area contributed by atoms with Crippen molar-refractivity contribution in [2.24, 2.45) is 0 Å². The molecule has 102 valence electrons. The lowest BCUT2D eigenvalue weighted by Gasteiger charge is -2.45. The summed E-state index contributed by atoms with van der Waals surface area (Å²) in [5.74, 6) is 1.10. The molecule has 1 spiro atoms. The zero-order chi connectivity index (χ0) is 13.9. The summed E-state index contributed by atoms with van der Waals surface area (Å²) < 4.78 is 11.4. The van der Waals surface area contributed by atoms with Gasteiger partial charge in [-0.1, -0.05) is 0 Å². The average molecular weight is 270 g/mol. The van der Waals surface area contributed by atoms with Crippen LogP contribution in [0.4, 0.5) is 0 Å². The first-order chi connectivity index (χ1) is 9.59. The number of phenolic OH excluding ortho intramolecular Hbond substituents is 2. The van der Waals surface area contributed by atoms with Gasteiger partial charge in [0, 0.05) is 17.2 Å². The summed E-state index contributed by atoms with van der Waals surface area (Å²) in [4.78, 5) is 0. The number of benzene rings is 2. The van der Waals surface area contributed by atoms with Gasteiger partial charge in [0.15, 0.2) is 5.60 Å². The molecule has 4 nitrogen and oxygen atoms in total. The van der Waals surface area contributed by atoms with Gasteiger partial charge in [-0.25, -0.2) is 0 Å². The molecular formula is C16H14O4. The van der Waals surface area contributed by atoms with Crippen LogP contribution in [0.15, 0.2) is 30.3 Å². The second-order valence-corrected chi connectivity index (χ2v) is 5.45. The fourth-order valence-corrected chi connectivity index (χ4v) is 2.88. The van der Waals surface area contributed by atoms with Crippen molar-refractivity contribution in [3.05, 3.63) is 41.5 Å². The van der Waals surface area contributed by atoms with Gasteiger partial charge in [0.2, 0.25) is 0 Å². The van der Waals surface area contributed by atoms with Crippen LogP contribution in [-0.4, -0.2) is 23.4 Å². The topological polar surface area (TPSA) is 58.9 Å². The molecule has 0 bridgehead atoms. The third kappa shape index (κ3) is 1.40. The zero-order valence-electron chi connectivity index (χ0n) is 11.0. The van der Waals surface area contributed by atoms with Crippen molar-refractivity contribution in [3.63, 3.8) is 0 Å². The minimum Gasteiger partial charge on any atom is -0.508 e. The van der Waals surface area contributed by atoms with Gasteiger partial charge in [-0.2, -0.15) is 0 Å². The normalized spacial score (nSPS) is 17.9. The molecule has 0 unspecified atom stereocenters. The average Bonchev–Trinajstić information content (AvgIpc) is 2.37. The van der Waals surface area contributed by atoms with E-state index >= 15 is 0 Å². The molecule has 2 aliphatic heterocycles. The molecule has 2 aromatic rings. The van der Waals surface area contributed by atoms with E-state index < -0.39 is 5.60 Å². The number of rotatable bonds is 0. The largest absolute Gasteiger partial charge is 0.508 e. The Balaban J connectivity index is 2.02. The molecule has 4 heteroatoms. The van der Waals surface area contributed by atoms with E-state index in [4.69, 9.17) is 9.47 Å². The number of phenols is 2. The highest BCUT2D eigenvalue weighted by atomic mass is 16.6. The van der Waals surface area contributed by atoms with E-state index in [2.05, 4.69) is 0 Å². The zero-order valence-corrected chi connectivity index (χ0v) is 11.0.